The van der Waals surface area contributed by atoms with Gasteiger partial charge in [-0.05, 0) is 31.5 Å². The molecule has 0 bridgehead atoms. The number of halogens is 1. The zero-order valence-corrected chi connectivity index (χ0v) is 15.9. The Hall–Kier alpha value is -3.06. The number of aromatic amines is 1. The summed E-state index contributed by atoms with van der Waals surface area (Å²) in [6.07, 6.45) is 3.87. The molecule has 0 aliphatic heterocycles. The van der Waals surface area contributed by atoms with E-state index in [4.69, 9.17) is 11.6 Å². The lowest BCUT2D eigenvalue weighted by molar-refractivity contribution is 0.546. The first kappa shape index (κ1) is 17.4. The Balaban J connectivity index is 1.44. The van der Waals surface area contributed by atoms with Gasteiger partial charge in [0.2, 0.25) is 0 Å². The van der Waals surface area contributed by atoms with Gasteiger partial charge in [-0.3, -0.25) is 14.5 Å². The number of hydrogen-bond acceptors (Lipinski definition) is 4. The van der Waals surface area contributed by atoms with Crippen LogP contribution in [0.2, 0.25) is 5.02 Å². The average Bonchev–Trinajstić information content (AvgIpc) is 3.39. The van der Waals surface area contributed by atoms with Gasteiger partial charge in [0.1, 0.15) is 0 Å². The number of aromatic nitrogens is 6. The minimum Gasteiger partial charge on any atom is -0.322 e. The van der Waals surface area contributed by atoms with Crippen LogP contribution in [-0.4, -0.2) is 29.8 Å². The molecule has 1 atom stereocenters. The maximum atomic E-state index is 6.22. The molecule has 0 radical (unpaired) electrons. The first-order valence-corrected chi connectivity index (χ1v) is 9.07. The van der Waals surface area contributed by atoms with E-state index in [2.05, 4.69) is 32.6 Å². The van der Waals surface area contributed by atoms with Crippen LogP contribution in [0.4, 0.5) is 11.6 Å². The van der Waals surface area contributed by atoms with Crippen molar-refractivity contribution in [2.45, 2.75) is 26.4 Å². The van der Waals surface area contributed by atoms with Gasteiger partial charge >= 0.3 is 0 Å². The molecule has 0 amide bonds. The Labute approximate surface area is 162 Å². The molecule has 3 heterocycles. The van der Waals surface area contributed by atoms with E-state index in [9.17, 15) is 0 Å². The summed E-state index contributed by atoms with van der Waals surface area (Å²) in [4.78, 5) is 0. The largest absolute Gasteiger partial charge is 0.322 e. The molecule has 8 heteroatoms. The summed E-state index contributed by atoms with van der Waals surface area (Å²) in [6.45, 7) is 4.66. The Morgan fingerprint density at radius 3 is 2.74 bits per heavy atom. The van der Waals surface area contributed by atoms with E-state index in [1.165, 1.54) is 0 Å². The van der Waals surface area contributed by atoms with Crippen LogP contribution in [0.5, 0.6) is 0 Å². The summed E-state index contributed by atoms with van der Waals surface area (Å²) in [5.74, 6) is 1.44. The van der Waals surface area contributed by atoms with Crippen molar-refractivity contribution < 1.29 is 0 Å². The SMILES string of the molecule is Cc1ccn(C(C)c2cc(Nc3ccn(Cc4ccccc4Cl)n3)n[nH]2)n1. The van der Waals surface area contributed by atoms with Crippen LogP contribution in [0.3, 0.4) is 0 Å². The summed E-state index contributed by atoms with van der Waals surface area (Å²) >= 11 is 6.22. The van der Waals surface area contributed by atoms with E-state index in [1.54, 1.807) is 0 Å². The van der Waals surface area contributed by atoms with E-state index < -0.39 is 0 Å². The van der Waals surface area contributed by atoms with Crippen molar-refractivity contribution in [3.05, 3.63) is 76.8 Å². The Morgan fingerprint density at radius 2 is 1.96 bits per heavy atom. The van der Waals surface area contributed by atoms with E-state index in [-0.39, 0.29) is 6.04 Å². The molecule has 1 aromatic carbocycles. The minimum absolute atomic E-state index is 0.0690. The lowest BCUT2D eigenvalue weighted by Crippen LogP contribution is -2.07. The van der Waals surface area contributed by atoms with Gasteiger partial charge in [0.25, 0.3) is 0 Å². The normalized spacial score (nSPS) is 12.3. The van der Waals surface area contributed by atoms with Crippen LogP contribution in [0, 0.1) is 6.92 Å². The van der Waals surface area contributed by atoms with Crippen molar-refractivity contribution in [1.82, 2.24) is 29.8 Å². The summed E-state index contributed by atoms with van der Waals surface area (Å²) in [6, 6.07) is 13.7. The lowest BCUT2D eigenvalue weighted by atomic mass is 10.2. The molecule has 27 heavy (non-hydrogen) atoms. The average molecular weight is 382 g/mol. The van der Waals surface area contributed by atoms with E-state index >= 15 is 0 Å². The molecule has 0 saturated carbocycles. The first-order valence-electron chi connectivity index (χ1n) is 8.69. The van der Waals surface area contributed by atoms with Gasteiger partial charge in [-0.2, -0.15) is 15.3 Å². The smallest absolute Gasteiger partial charge is 0.153 e. The number of H-pyrrole nitrogens is 1. The predicted molar refractivity (Wildman–Crippen MR) is 105 cm³/mol. The zero-order chi connectivity index (χ0) is 18.8. The first-order chi connectivity index (χ1) is 13.1. The highest BCUT2D eigenvalue weighted by Crippen LogP contribution is 2.21. The Kier molecular flexibility index (Phi) is 4.68. The zero-order valence-electron chi connectivity index (χ0n) is 15.1. The topological polar surface area (TPSA) is 76.3 Å². The fourth-order valence-electron chi connectivity index (χ4n) is 2.85. The van der Waals surface area contributed by atoms with Crippen molar-refractivity contribution >= 4 is 23.2 Å². The number of rotatable bonds is 6. The molecule has 2 N–H and O–H groups in total. The van der Waals surface area contributed by atoms with Crippen LogP contribution in [0.15, 0.2) is 54.9 Å². The van der Waals surface area contributed by atoms with Crippen LogP contribution >= 0.6 is 11.6 Å². The molecule has 1 unspecified atom stereocenters. The number of aryl methyl sites for hydroxylation is 1. The second kappa shape index (κ2) is 7.28. The molecule has 0 aliphatic carbocycles. The molecule has 4 rings (SSSR count). The molecular formula is C19H20ClN7. The van der Waals surface area contributed by atoms with Gasteiger partial charge in [0.05, 0.1) is 24.0 Å². The van der Waals surface area contributed by atoms with Gasteiger partial charge < -0.3 is 5.32 Å². The second-order valence-electron chi connectivity index (χ2n) is 6.44. The van der Waals surface area contributed by atoms with Crippen molar-refractivity contribution in [1.29, 1.82) is 0 Å². The predicted octanol–water partition coefficient (Wildman–Crippen LogP) is 4.17. The molecule has 0 fully saturated rings. The maximum absolute atomic E-state index is 6.22. The van der Waals surface area contributed by atoms with Crippen molar-refractivity contribution in [3.63, 3.8) is 0 Å². The van der Waals surface area contributed by atoms with Crippen LogP contribution in [-0.2, 0) is 6.54 Å². The van der Waals surface area contributed by atoms with Gasteiger partial charge in [-0.25, -0.2) is 0 Å². The van der Waals surface area contributed by atoms with Crippen molar-refractivity contribution in [2.24, 2.45) is 0 Å². The molecule has 138 valence electrons. The standard InChI is InChI=1S/C19H20ClN7/c1-13-7-10-27(24-13)14(2)17-11-19(23-22-17)21-18-8-9-26(25-18)12-15-5-3-4-6-16(15)20/h3-11,14H,12H2,1-2H3,(H2,21,22,23,25). The van der Waals surface area contributed by atoms with E-state index in [0.717, 1.165) is 27.8 Å². The fourth-order valence-corrected chi connectivity index (χ4v) is 3.05. The van der Waals surface area contributed by atoms with Crippen molar-refractivity contribution in [3.8, 4) is 0 Å². The van der Waals surface area contributed by atoms with Crippen LogP contribution < -0.4 is 5.32 Å². The number of hydrogen-bond donors (Lipinski definition) is 2. The summed E-state index contributed by atoms with van der Waals surface area (Å²) in [5, 5.41) is 20.3. The highest BCUT2D eigenvalue weighted by atomic mass is 35.5. The van der Waals surface area contributed by atoms with Crippen molar-refractivity contribution in [2.75, 3.05) is 5.32 Å². The third kappa shape index (κ3) is 3.88. The number of nitrogens with one attached hydrogen (secondary N) is 2. The fraction of sp³-hybridized carbons (Fsp3) is 0.211. The number of nitrogens with zero attached hydrogens (tertiary/aromatic N) is 5. The molecular weight excluding hydrogens is 362 g/mol. The van der Waals surface area contributed by atoms with Gasteiger partial charge in [-0.15, -0.1) is 0 Å². The molecule has 7 nitrogen and oxygen atoms in total. The summed E-state index contributed by atoms with van der Waals surface area (Å²) < 4.78 is 3.75. The molecule has 0 saturated heterocycles. The number of benzene rings is 1. The lowest BCUT2D eigenvalue weighted by Gasteiger charge is -2.09. The number of anilines is 2. The monoisotopic (exact) mass is 381 g/mol. The third-order valence-electron chi connectivity index (χ3n) is 4.37. The minimum atomic E-state index is 0.0690. The van der Waals surface area contributed by atoms with Gasteiger partial charge in [-0.1, -0.05) is 29.8 Å². The molecule has 4 aromatic rings. The highest BCUT2D eigenvalue weighted by molar-refractivity contribution is 6.31. The molecule has 3 aromatic heterocycles. The maximum Gasteiger partial charge on any atom is 0.153 e. The second-order valence-corrected chi connectivity index (χ2v) is 6.84. The van der Waals surface area contributed by atoms with Gasteiger partial charge in [0.15, 0.2) is 11.6 Å². The Bertz CT molecular complexity index is 1050. The van der Waals surface area contributed by atoms with Crippen LogP contribution in [0.25, 0.3) is 0 Å². The van der Waals surface area contributed by atoms with Gasteiger partial charge in [0, 0.05) is 29.5 Å². The van der Waals surface area contributed by atoms with E-state index in [1.807, 2.05) is 71.1 Å². The highest BCUT2D eigenvalue weighted by Gasteiger charge is 2.13. The van der Waals surface area contributed by atoms with E-state index in [0.29, 0.717) is 12.4 Å². The molecule has 0 aliphatic rings. The third-order valence-corrected chi connectivity index (χ3v) is 4.74. The Morgan fingerprint density at radius 1 is 1.11 bits per heavy atom. The summed E-state index contributed by atoms with van der Waals surface area (Å²) in [7, 11) is 0. The quantitative estimate of drug-likeness (QED) is 0.525. The van der Waals surface area contributed by atoms with Crippen LogP contribution in [0.1, 0.15) is 29.9 Å². The summed E-state index contributed by atoms with van der Waals surface area (Å²) in [5.41, 5.74) is 2.99. The molecule has 0 spiro atoms.